The van der Waals surface area contributed by atoms with Gasteiger partial charge in [0.2, 0.25) is 5.88 Å². The zero-order valence-electron chi connectivity index (χ0n) is 15.9. The quantitative estimate of drug-likeness (QED) is 0.575. The maximum absolute atomic E-state index is 6.26. The summed E-state index contributed by atoms with van der Waals surface area (Å²) >= 11 is 0. The number of H-pyrrole nitrogens is 1. The molecule has 2 aliphatic rings. The van der Waals surface area contributed by atoms with Crippen molar-refractivity contribution >= 4 is 21.9 Å². The summed E-state index contributed by atoms with van der Waals surface area (Å²) in [5.74, 6) is 0.624. The van der Waals surface area contributed by atoms with Crippen molar-refractivity contribution in [2.75, 3.05) is 26.4 Å². The Morgan fingerprint density at radius 2 is 1.97 bits per heavy atom. The minimum Gasteiger partial charge on any atom is -0.474 e. The normalized spacial score (nSPS) is 18.3. The zero-order chi connectivity index (χ0) is 19.2. The van der Waals surface area contributed by atoms with Gasteiger partial charge in [-0.05, 0) is 18.2 Å². The molecule has 1 aromatic carbocycles. The van der Waals surface area contributed by atoms with Crippen LogP contribution >= 0.6 is 0 Å². The van der Waals surface area contributed by atoms with Crippen LogP contribution in [0.25, 0.3) is 33.2 Å². The van der Waals surface area contributed by atoms with E-state index in [2.05, 4.69) is 36.9 Å². The van der Waals surface area contributed by atoms with E-state index in [0.29, 0.717) is 11.9 Å². The van der Waals surface area contributed by atoms with E-state index in [1.807, 2.05) is 18.5 Å². The standard InChI is InChI=1S/C21H21N5O3/c1-2-16-18(26(12-23-16)14-10-28-11-14)9-13(1)20-19-17(24-25-20)3-6-22-21(19)29-15-4-7-27-8-5-15/h1-3,6,9,12,14-15H,4-5,7-8,10-11H2,(H,24,25). The second kappa shape index (κ2) is 6.82. The molecule has 4 aromatic rings. The highest BCUT2D eigenvalue weighted by Crippen LogP contribution is 2.35. The van der Waals surface area contributed by atoms with Crippen LogP contribution in [0.2, 0.25) is 0 Å². The lowest BCUT2D eigenvalue weighted by Crippen LogP contribution is -2.30. The first-order chi connectivity index (χ1) is 14.4. The van der Waals surface area contributed by atoms with Gasteiger partial charge in [-0.3, -0.25) is 5.10 Å². The third-order valence-electron chi connectivity index (χ3n) is 5.75. The number of aromatic nitrogens is 5. The van der Waals surface area contributed by atoms with Gasteiger partial charge in [-0.15, -0.1) is 0 Å². The summed E-state index contributed by atoms with van der Waals surface area (Å²) in [6, 6.07) is 8.51. The molecule has 29 heavy (non-hydrogen) atoms. The van der Waals surface area contributed by atoms with Gasteiger partial charge in [0, 0.05) is 24.6 Å². The van der Waals surface area contributed by atoms with Crippen molar-refractivity contribution in [2.24, 2.45) is 0 Å². The van der Waals surface area contributed by atoms with Gasteiger partial charge in [-0.25, -0.2) is 9.97 Å². The molecule has 3 aromatic heterocycles. The first-order valence-corrected chi connectivity index (χ1v) is 9.99. The van der Waals surface area contributed by atoms with Gasteiger partial charge in [0.1, 0.15) is 11.8 Å². The van der Waals surface area contributed by atoms with Gasteiger partial charge < -0.3 is 18.8 Å². The Hall–Kier alpha value is -2.97. The number of nitrogens with zero attached hydrogens (tertiary/aromatic N) is 4. The van der Waals surface area contributed by atoms with Crippen molar-refractivity contribution in [1.82, 2.24) is 24.7 Å². The molecule has 8 nitrogen and oxygen atoms in total. The number of fused-ring (bicyclic) bond motifs is 2. The fourth-order valence-corrected chi connectivity index (χ4v) is 4.03. The molecule has 0 bridgehead atoms. The molecule has 0 spiro atoms. The Bertz CT molecular complexity index is 1170. The summed E-state index contributed by atoms with van der Waals surface area (Å²) in [5, 5.41) is 8.64. The largest absolute Gasteiger partial charge is 0.474 e. The van der Waals surface area contributed by atoms with E-state index in [9.17, 15) is 0 Å². The summed E-state index contributed by atoms with van der Waals surface area (Å²) in [7, 11) is 0. The summed E-state index contributed by atoms with van der Waals surface area (Å²) in [6.45, 7) is 2.91. The van der Waals surface area contributed by atoms with Crippen molar-refractivity contribution < 1.29 is 14.2 Å². The van der Waals surface area contributed by atoms with Gasteiger partial charge >= 0.3 is 0 Å². The number of benzene rings is 1. The first-order valence-electron chi connectivity index (χ1n) is 9.99. The number of aromatic amines is 1. The number of nitrogens with one attached hydrogen (secondary N) is 1. The molecular weight excluding hydrogens is 370 g/mol. The van der Waals surface area contributed by atoms with E-state index in [-0.39, 0.29) is 6.10 Å². The number of imidazole rings is 1. The molecule has 8 heteroatoms. The van der Waals surface area contributed by atoms with Crippen LogP contribution in [-0.2, 0) is 9.47 Å². The van der Waals surface area contributed by atoms with Crippen molar-refractivity contribution in [3.8, 4) is 17.1 Å². The fourth-order valence-electron chi connectivity index (χ4n) is 4.03. The second-order valence-corrected chi connectivity index (χ2v) is 7.59. The Balaban J connectivity index is 1.44. The molecule has 0 saturated carbocycles. The smallest absolute Gasteiger partial charge is 0.225 e. The molecule has 2 fully saturated rings. The van der Waals surface area contributed by atoms with Gasteiger partial charge in [-0.2, -0.15) is 5.10 Å². The number of hydrogen-bond donors (Lipinski definition) is 1. The van der Waals surface area contributed by atoms with Crippen molar-refractivity contribution in [2.45, 2.75) is 25.0 Å². The lowest BCUT2D eigenvalue weighted by atomic mass is 10.1. The van der Waals surface area contributed by atoms with Gasteiger partial charge in [0.25, 0.3) is 0 Å². The molecule has 0 amide bonds. The van der Waals surface area contributed by atoms with Crippen LogP contribution in [0.3, 0.4) is 0 Å². The van der Waals surface area contributed by atoms with Crippen LogP contribution in [0.1, 0.15) is 18.9 Å². The van der Waals surface area contributed by atoms with Gasteiger partial charge in [0.05, 0.1) is 60.7 Å². The maximum Gasteiger partial charge on any atom is 0.225 e. The number of pyridine rings is 1. The fraction of sp³-hybridized carbons (Fsp3) is 0.381. The first kappa shape index (κ1) is 16.9. The molecule has 2 saturated heterocycles. The molecule has 0 aliphatic carbocycles. The van der Waals surface area contributed by atoms with Crippen molar-refractivity contribution in [1.29, 1.82) is 0 Å². The Labute approximate surface area is 166 Å². The maximum atomic E-state index is 6.26. The number of hydrogen-bond acceptors (Lipinski definition) is 6. The molecule has 1 N–H and O–H groups in total. The lowest BCUT2D eigenvalue weighted by molar-refractivity contribution is -0.0216. The summed E-state index contributed by atoms with van der Waals surface area (Å²) in [4.78, 5) is 9.05. The predicted molar refractivity (Wildman–Crippen MR) is 107 cm³/mol. The van der Waals surface area contributed by atoms with E-state index in [0.717, 1.165) is 72.5 Å². The highest BCUT2D eigenvalue weighted by molar-refractivity contribution is 5.98. The third kappa shape index (κ3) is 2.87. The molecule has 0 atom stereocenters. The monoisotopic (exact) mass is 391 g/mol. The Morgan fingerprint density at radius 1 is 1.07 bits per heavy atom. The average Bonchev–Trinajstić information content (AvgIpc) is 3.33. The topological polar surface area (TPSA) is 87.1 Å². The van der Waals surface area contributed by atoms with E-state index >= 15 is 0 Å². The SMILES string of the molecule is c1cc2[nH]nc(-c3ccc4ncn(C5COC5)c4c3)c2c(OC2CCOCC2)n1. The highest BCUT2D eigenvalue weighted by atomic mass is 16.5. The zero-order valence-corrected chi connectivity index (χ0v) is 15.9. The summed E-state index contributed by atoms with van der Waals surface area (Å²) in [6.07, 6.45) is 5.52. The van der Waals surface area contributed by atoms with E-state index in [1.165, 1.54) is 0 Å². The van der Waals surface area contributed by atoms with E-state index in [1.54, 1.807) is 6.20 Å². The lowest BCUT2D eigenvalue weighted by Gasteiger charge is -2.27. The Kier molecular flexibility index (Phi) is 3.98. The molecule has 5 heterocycles. The second-order valence-electron chi connectivity index (χ2n) is 7.59. The van der Waals surface area contributed by atoms with E-state index in [4.69, 9.17) is 14.2 Å². The van der Waals surface area contributed by atoms with Crippen LogP contribution < -0.4 is 4.74 Å². The van der Waals surface area contributed by atoms with Gasteiger partial charge in [-0.1, -0.05) is 6.07 Å². The van der Waals surface area contributed by atoms with Gasteiger partial charge in [0.15, 0.2) is 0 Å². The molecule has 0 radical (unpaired) electrons. The van der Waals surface area contributed by atoms with E-state index < -0.39 is 0 Å². The number of ether oxygens (including phenoxy) is 3. The van der Waals surface area contributed by atoms with Crippen LogP contribution in [0.15, 0.2) is 36.8 Å². The predicted octanol–water partition coefficient (Wildman–Crippen LogP) is 3.10. The van der Waals surface area contributed by atoms with Crippen LogP contribution in [0.5, 0.6) is 5.88 Å². The third-order valence-corrected chi connectivity index (χ3v) is 5.75. The minimum absolute atomic E-state index is 0.118. The molecule has 2 aliphatic heterocycles. The average molecular weight is 391 g/mol. The van der Waals surface area contributed by atoms with Crippen LogP contribution in [0.4, 0.5) is 0 Å². The number of rotatable bonds is 4. The van der Waals surface area contributed by atoms with Crippen LogP contribution in [0, 0.1) is 0 Å². The molecule has 148 valence electrons. The highest BCUT2D eigenvalue weighted by Gasteiger charge is 2.23. The molecular formula is C21H21N5O3. The van der Waals surface area contributed by atoms with Crippen molar-refractivity contribution in [3.05, 3.63) is 36.8 Å². The Morgan fingerprint density at radius 3 is 2.79 bits per heavy atom. The molecule has 6 rings (SSSR count). The van der Waals surface area contributed by atoms with Crippen LogP contribution in [-0.4, -0.2) is 57.3 Å². The summed E-state index contributed by atoms with van der Waals surface area (Å²) in [5.41, 5.74) is 4.82. The summed E-state index contributed by atoms with van der Waals surface area (Å²) < 4.78 is 19.3. The minimum atomic E-state index is 0.118. The molecule has 0 unspecified atom stereocenters. The van der Waals surface area contributed by atoms with Crippen molar-refractivity contribution in [3.63, 3.8) is 0 Å².